The third-order valence-electron chi connectivity index (χ3n) is 2.25. The normalized spacial score (nSPS) is 13.0. The number of nitrogens with one attached hydrogen (secondary N) is 2. The topological polar surface area (TPSA) is 64.9 Å². The van der Waals surface area contributed by atoms with Gasteiger partial charge in [-0.2, -0.15) is 5.26 Å². The minimum atomic E-state index is -0.325. The number of nitrogens with zero attached hydrogens (tertiary/aromatic N) is 1. The fourth-order valence-electron chi connectivity index (χ4n) is 1.08. The Labute approximate surface area is 92.0 Å². The molecule has 0 aromatic rings. The average Bonchev–Trinajstić information content (AvgIpc) is 2.18. The summed E-state index contributed by atoms with van der Waals surface area (Å²) in [6.45, 7) is 8.83. The molecule has 0 fully saturated rings. The summed E-state index contributed by atoms with van der Waals surface area (Å²) in [5, 5.41) is 14.6. The number of likely N-dealkylation sites (N-methyl/N-ethyl adjacent to an activating group) is 1. The van der Waals surface area contributed by atoms with Crippen molar-refractivity contribution in [2.24, 2.45) is 5.41 Å². The van der Waals surface area contributed by atoms with E-state index in [9.17, 15) is 4.79 Å². The lowest BCUT2D eigenvalue weighted by atomic mass is 9.91. The molecule has 0 aromatic heterocycles. The van der Waals surface area contributed by atoms with E-state index in [1.165, 1.54) is 0 Å². The van der Waals surface area contributed by atoms with E-state index in [4.69, 9.17) is 5.26 Å². The molecule has 0 radical (unpaired) electrons. The molecule has 4 heteroatoms. The second-order valence-electron chi connectivity index (χ2n) is 4.32. The summed E-state index contributed by atoms with van der Waals surface area (Å²) in [4.78, 5) is 11.3. The molecule has 1 amide bonds. The summed E-state index contributed by atoms with van der Waals surface area (Å²) in [6.07, 6.45) is 0.743. The molecule has 0 heterocycles. The van der Waals surface area contributed by atoms with Crippen LogP contribution in [0, 0.1) is 16.7 Å². The molecular formula is C11H21N3O. The Balaban J connectivity index is 3.78. The van der Waals surface area contributed by atoms with Gasteiger partial charge < -0.3 is 10.6 Å². The van der Waals surface area contributed by atoms with Gasteiger partial charge in [0.1, 0.15) is 0 Å². The Kier molecular flexibility index (Phi) is 5.95. The molecule has 2 N–H and O–H groups in total. The molecular weight excluding hydrogens is 190 g/mol. The second kappa shape index (κ2) is 6.41. The van der Waals surface area contributed by atoms with Gasteiger partial charge in [0.25, 0.3) is 0 Å². The van der Waals surface area contributed by atoms with Gasteiger partial charge in [-0.25, -0.2) is 0 Å². The van der Waals surface area contributed by atoms with Gasteiger partial charge in [-0.1, -0.05) is 0 Å². The van der Waals surface area contributed by atoms with Crippen LogP contribution in [0.25, 0.3) is 0 Å². The second-order valence-corrected chi connectivity index (χ2v) is 4.32. The van der Waals surface area contributed by atoms with Crippen molar-refractivity contribution in [3.63, 3.8) is 0 Å². The van der Waals surface area contributed by atoms with Crippen LogP contribution < -0.4 is 10.6 Å². The summed E-state index contributed by atoms with van der Waals surface area (Å²) < 4.78 is 0. The molecule has 0 aliphatic rings. The van der Waals surface area contributed by atoms with E-state index in [0.29, 0.717) is 13.1 Å². The molecule has 0 saturated heterocycles. The molecule has 0 bridgehead atoms. The number of rotatable bonds is 6. The van der Waals surface area contributed by atoms with Crippen LogP contribution in [0.1, 0.15) is 34.1 Å². The highest BCUT2D eigenvalue weighted by Gasteiger charge is 2.17. The van der Waals surface area contributed by atoms with Crippen LogP contribution in [0.15, 0.2) is 0 Å². The molecule has 86 valence electrons. The number of hydrogen-bond acceptors (Lipinski definition) is 3. The van der Waals surface area contributed by atoms with Crippen molar-refractivity contribution in [3.05, 3.63) is 0 Å². The van der Waals surface area contributed by atoms with Crippen molar-refractivity contribution in [1.29, 1.82) is 5.26 Å². The van der Waals surface area contributed by atoms with Gasteiger partial charge in [0.05, 0.1) is 17.5 Å². The monoisotopic (exact) mass is 211 g/mol. The lowest BCUT2D eigenvalue weighted by Gasteiger charge is -2.18. The zero-order valence-corrected chi connectivity index (χ0v) is 10.1. The first-order chi connectivity index (χ1) is 6.93. The molecule has 1 unspecified atom stereocenters. The smallest absolute Gasteiger partial charge is 0.236 e. The summed E-state index contributed by atoms with van der Waals surface area (Å²) in [6, 6.07) is 2.03. The Hall–Kier alpha value is -1.08. The minimum Gasteiger partial charge on any atom is -0.355 e. The Morgan fingerprint density at radius 1 is 1.53 bits per heavy atom. The van der Waals surface area contributed by atoms with Crippen molar-refractivity contribution in [2.45, 2.75) is 40.2 Å². The summed E-state index contributed by atoms with van der Waals surface area (Å²) >= 11 is 0. The van der Waals surface area contributed by atoms with E-state index in [1.54, 1.807) is 0 Å². The largest absolute Gasteiger partial charge is 0.355 e. The molecule has 4 nitrogen and oxygen atoms in total. The molecule has 0 saturated carbocycles. The lowest BCUT2D eigenvalue weighted by Crippen LogP contribution is -2.42. The minimum absolute atomic E-state index is 0.00673. The standard InChI is InChI=1S/C11H21N3O/c1-5-13-10(15)9(2)14-7-6-11(3,4)8-12/h9,14H,5-7H2,1-4H3,(H,13,15). The van der Waals surface area contributed by atoms with Crippen LogP contribution in [0.4, 0.5) is 0 Å². The molecule has 15 heavy (non-hydrogen) atoms. The first kappa shape index (κ1) is 13.9. The van der Waals surface area contributed by atoms with E-state index in [2.05, 4.69) is 16.7 Å². The fourth-order valence-corrected chi connectivity index (χ4v) is 1.08. The van der Waals surface area contributed by atoms with Crippen LogP contribution in [-0.4, -0.2) is 25.0 Å². The van der Waals surface area contributed by atoms with Gasteiger partial charge in [-0.05, 0) is 40.7 Å². The van der Waals surface area contributed by atoms with E-state index < -0.39 is 0 Å². The van der Waals surface area contributed by atoms with Gasteiger partial charge in [0.15, 0.2) is 0 Å². The molecule has 0 aromatic carbocycles. The third-order valence-corrected chi connectivity index (χ3v) is 2.25. The van der Waals surface area contributed by atoms with Crippen molar-refractivity contribution >= 4 is 5.91 Å². The number of amides is 1. The fraction of sp³-hybridized carbons (Fsp3) is 0.818. The van der Waals surface area contributed by atoms with Gasteiger partial charge in [-0.15, -0.1) is 0 Å². The van der Waals surface area contributed by atoms with Crippen LogP contribution in [0.3, 0.4) is 0 Å². The molecule has 0 spiro atoms. The average molecular weight is 211 g/mol. The molecule has 0 rings (SSSR count). The zero-order chi connectivity index (χ0) is 11.9. The number of carbonyl (C=O) groups is 1. The SMILES string of the molecule is CCNC(=O)C(C)NCCC(C)(C)C#N. The highest BCUT2D eigenvalue weighted by atomic mass is 16.2. The maximum Gasteiger partial charge on any atom is 0.236 e. The summed E-state index contributed by atoms with van der Waals surface area (Å²) in [5.74, 6) is 0.00673. The number of hydrogen-bond donors (Lipinski definition) is 2. The summed E-state index contributed by atoms with van der Waals surface area (Å²) in [5.41, 5.74) is -0.325. The Bertz CT molecular complexity index is 243. The van der Waals surface area contributed by atoms with Crippen LogP contribution >= 0.6 is 0 Å². The highest BCUT2D eigenvalue weighted by molar-refractivity contribution is 5.81. The van der Waals surface area contributed by atoms with Crippen molar-refractivity contribution in [3.8, 4) is 6.07 Å². The van der Waals surface area contributed by atoms with E-state index >= 15 is 0 Å². The zero-order valence-electron chi connectivity index (χ0n) is 10.1. The van der Waals surface area contributed by atoms with Crippen LogP contribution in [0.2, 0.25) is 0 Å². The van der Waals surface area contributed by atoms with Crippen LogP contribution in [0.5, 0.6) is 0 Å². The predicted molar refractivity (Wildman–Crippen MR) is 60.2 cm³/mol. The van der Waals surface area contributed by atoms with E-state index in [-0.39, 0.29) is 17.4 Å². The van der Waals surface area contributed by atoms with Crippen molar-refractivity contribution in [2.75, 3.05) is 13.1 Å². The maximum absolute atomic E-state index is 11.3. The Morgan fingerprint density at radius 2 is 2.13 bits per heavy atom. The van der Waals surface area contributed by atoms with Gasteiger partial charge in [-0.3, -0.25) is 4.79 Å². The predicted octanol–water partition coefficient (Wildman–Crippen LogP) is 1.04. The number of carbonyl (C=O) groups excluding carboxylic acids is 1. The first-order valence-corrected chi connectivity index (χ1v) is 5.35. The van der Waals surface area contributed by atoms with Crippen LogP contribution in [-0.2, 0) is 4.79 Å². The van der Waals surface area contributed by atoms with E-state index in [0.717, 1.165) is 6.42 Å². The highest BCUT2D eigenvalue weighted by Crippen LogP contribution is 2.17. The molecule has 0 aliphatic heterocycles. The number of nitriles is 1. The molecule has 0 aliphatic carbocycles. The van der Waals surface area contributed by atoms with Gasteiger partial charge >= 0.3 is 0 Å². The quantitative estimate of drug-likeness (QED) is 0.690. The van der Waals surface area contributed by atoms with Gasteiger partial charge in [0.2, 0.25) is 5.91 Å². The third kappa shape index (κ3) is 6.08. The molecule has 1 atom stereocenters. The Morgan fingerprint density at radius 3 is 2.60 bits per heavy atom. The van der Waals surface area contributed by atoms with Crippen molar-refractivity contribution in [1.82, 2.24) is 10.6 Å². The first-order valence-electron chi connectivity index (χ1n) is 5.35. The summed E-state index contributed by atoms with van der Waals surface area (Å²) in [7, 11) is 0. The van der Waals surface area contributed by atoms with Crippen molar-refractivity contribution < 1.29 is 4.79 Å². The van der Waals surface area contributed by atoms with Gasteiger partial charge in [0, 0.05) is 6.54 Å². The van der Waals surface area contributed by atoms with E-state index in [1.807, 2.05) is 27.7 Å². The lowest BCUT2D eigenvalue weighted by molar-refractivity contribution is -0.122. The maximum atomic E-state index is 11.3.